The van der Waals surface area contributed by atoms with Gasteiger partial charge in [-0.25, -0.2) is 4.58 Å². The second-order valence-electron chi connectivity index (χ2n) is 7.53. The molecule has 0 aromatic heterocycles. The van der Waals surface area contributed by atoms with Crippen molar-refractivity contribution in [2.75, 3.05) is 33.1 Å². The number of aliphatic hydroxyl groups is 2. The summed E-state index contributed by atoms with van der Waals surface area (Å²) in [5, 5.41) is 31.6. The van der Waals surface area contributed by atoms with Crippen molar-refractivity contribution in [3.05, 3.63) is 63.6 Å². The van der Waals surface area contributed by atoms with Gasteiger partial charge in [0, 0.05) is 43.1 Å². The summed E-state index contributed by atoms with van der Waals surface area (Å²) in [6.07, 6.45) is 3.40. The Hall–Kier alpha value is -3.28. The highest BCUT2D eigenvalue weighted by molar-refractivity contribution is 6.40. The summed E-state index contributed by atoms with van der Waals surface area (Å²) in [5.74, 6) is -0.746. The Morgan fingerprint density at radius 1 is 0.929 bits per heavy atom. The topological polar surface area (TPSA) is 84.0 Å². The fourth-order valence-electron chi connectivity index (χ4n) is 3.53. The highest BCUT2D eigenvalue weighted by Gasteiger charge is 2.41. The zero-order chi connectivity index (χ0) is 20.9. The lowest BCUT2D eigenvalue weighted by Crippen LogP contribution is -2.26. The first kappa shape index (κ1) is 19.5. The molecule has 28 heavy (non-hydrogen) atoms. The Labute approximate surface area is 164 Å². The Bertz CT molecular complexity index is 1020. The molecule has 2 aliphatic carbocycles. The standard InChI is InChI=1S/C22H24N2O4/c1-11-7-13(23(3)4)9-15(25)17(11)19-21(27)20(22(19)28)18-12(2)8-14(24(5)6)10-16(18)26/h7-10H,1-6H3,(H2,25,26,27,28)/p+1. The average molecular weight is 381 g/mol. The second-order valence-corrected chi connectivity index (χ2v) is 7.53. The van der Waals surface area contributed by atoms with E-state index < -0.39 is 5.78 Å². The van der Waals surface area contributed by atoms with Gasteiger partial charge in [0.25, 0.3) is 0 Å². The van der Waals surface area contributed by atoms with Crippen molar-refractivity contribution >= 4 is 22.8 Å². The highest BCUT2D eigenvalue weighted by atomic mass is 16.3. The van der Waals surface area contributed by atoms with Crippen molar-refractivity contribution in [3.8, 4) is 5.75 Å². The number of phenolic OH excluding ortho intramolecular Hbond substituents is 1. The Kier molecular flexibility index (Phi) is 4.67. The summed E-state index contributed by atoms with van der Waals surface area (Å²) < 4.78 is 1.85. The van der Waals surface area contributed by atoms with Crippen LogP contribution in [0.2, 0.25) is 0 Å². The van der Waals surface area contributed by atoms with Crippen LogP contribution in [0.15, 0.2) is 52.5 Å². The van der Waals surface area contributed by atoms with Gasteiger partial charge >= 0.3 is 0 Å². The number of phenols is 1. The molecular formula is C22H25N2O4+. The zero-order valence-corrected chi connectivity index (χ0v) is 17.0. The molecule has 0 atom stereocenters. The van der Waals surface area contributed by atoms with Gasteiger partial charge in [0.1, 0.15) is 31.4 Å². The van der Waals surface area contributed by atoms with Gasteiger partial charge in [0.05, 0.1) is 17.2 Å². The van der Waals surface area contributed by atoms with Crippen molar-refractivity contribution < 1.29 is 24.7 Å². The number of ketones is 1. The normalized spacial score (nSPS) is 19.4. The van der Waals surface area contributed by atoms with E-state index in [0.29, 0.717) is 22.3 Å². The van der Waals surface area contributed by atoms with Crippen LogP contribution in [0.3, 0.4) is 0 Å². The lowest BCUT2D eigenvalue weighted by molar-refractivity contribution is -0.462. The molecule has 0 saturated heterocycles. The van der Waals surface area contributed by atoms with Crippen LogP contribution in [0.4, 0.5) is 5.69 Å². The van der Waals surface area contributed by atoms with Crippen molar-refractivity contribution in [1.82, 2.24) is 0 Å². The summed E-state index contributed by atoms with van der Waals surface area (Å²) in [6.45, 7) is 3.56. The molecule has 0 saturated carbocycles. The van der Waals surface area contributed by atoms with Gasteiger partial charge in [0.15, 0.2) is 0 Å². The van der Waals surface area contributed by atoms with Gasteiger partial charge in [-0.3, -0.25) is 4.79 Å². The maximum absolute atomic E-state index is 12.9. The molecule has 6 nitrogen and oxygen atoms in total. The fraction of sp³-hybridized carbons (Fsp3) is 0.273. The molecule has 1 aromatic carbocycles. The van der Waals surface area contributed by atoms with Gasteiger partial charge in [-0.1, -0.05) is 0 Å². The predicted octanol–water partition coefficient (Wildman–Crippen LogP) is 3.03. The SMILES string of the molecule is CC1=CC(=[N+](C)C)C=C(O)/C1=C1/C(=O)C(c2c(C)cc(N(C)C)cc2O)=C1O. The van der Waals surface area contributed by atoms with Gasteiger partial charge < -0.3 is 20.2 Å². The number of hydrogen-bond acceptors (Lipinski definition) is 5. The number of Topliss-reactive ketones (excluding diaryl/α,β-unsaturated/α-hetero) is 1. The molecule has 0 bridgehead atoms. The van der Waals surface area contributed by atoms with Gasteiger partial charge in [0.2, 0.25) is 11.5 Å². The molecule has 146 valence electrons. The van der Waals surface area contributed by atoms with Gasteiger partial charge in [-0.05, 0) is 31.1 Å². The van der Waals surface area contributed by atoms with E-state index in [1.54, 1.807) is 26.0 Å². The van der Waals surface area contributed by atoms with Crippen LogP contribution < -0.4 is 4.90 Å². The molecule has 0 unspecified atom stereocenters. The van der Waals surface area contributed by atoms with Crippen LogP contribution in [0.1, 0.15) is 18.1 Å². The van der Waals surface area contributed by atoms with Crippen LogP contribution >= 0.6 is 0 Å². The maximum atomic E-state index is 12.9. The van der Waals surface area contributed by atoms with E-state index in [1.807, 2.05) is 49.8 Å². The zero-order valence-electron chi connectivity index (χ0n) is 17.0. The number of aryl methyl sites for hydroxylation is 1. The van der Waals surface area contributed by atoms with Gasteiger partial charge in [-0.2, -0.15) is 0 Å². The van der Waals surface area contributed by atoms with Crippen molar-refractivity contribution in [2.24, 2.45) is 0 Å². The molecule has 0 heterocycles. The number of rotatable bonds is 2. The minimum absolute atomic E-state index is 0.0680. The van der Waals surface area contributed by atoms with E-state index in [1.165, 1.54) is 0 Å². The van der Waals surface area contributed by atoms with Crippen molar-refractivity contribution in [2.45, 2.75) is 13.8 Å². The van der Waals surface area contributed by atoms with Crippen LogP contribution in [0, 0.1) is 6.92 Å². The Morgan fingerprint density at radius 2 is 1.57 bits per heavy atom. The number of anilines is 1. The molecule has 6 heteroatoms. The minimum atomic E-state index is -0.399. The average Bonchev–Trinajstić information content (AvgIpc) is 2.60. The summed E-state index contributed by atoms with van der Waals surface area (Å²) >= 11 is 0. The largest absolute Gasteiger partial charge is 0.507 e. The van der Waals surface area contributed by atoms with Crippen molar-refractivity contribution in [3.63, 3.8) is 0 Å². The second kappa shape index (κ2) is 6.71. The third-order valence-electron chi connectivity index (χ3n) is 5.06. The number of nitrogens with zero attached hydrogens (tertiary/aromatic N) is 2. The lowest BCUT2D eigenvalue weighted by Gasteiger charge is -2.27. The fourth-order valence-corrected chi connectivity index (χ4v) is 3.53. The molecule has 0 fully saturated rings. The van der Waals surface area contributed by atoms with E-state index in [-0.39, 0.29) is 28.4 Å². The number of aliphatic hydroxyl groups excluding tert-OH is 2. The molecule has 0 amide bonds. The van der Waals surface area contributed by atoms with Gasteiger partial charge in [-0.15, -0.1) is 0 Å². The number of carbonyl (C=O) groups is 1. The Morgan fingerprint density at radius 3 is 2.04 bits per heavy atom. The lowest BCUT2D eigenvalue weighted by atomic mass is 9.76. The van der Waals surface area contributed by atoms with Crippen LogP contribution in [0.5, 0.6) is 5.75 Å². The van der Waals surface area contributed by atoms with Crippen molar-refractivity contribution in [1.29, 1.82) is 0 Å². The van der Waals surface area contributed by atoms with E-state index in [2.05, 4.69) is 0 Å². The molecule has 1 aromatic rings. The van der Waals surface area contributed by atoms with Crippen LogP contribution in [-0.4, -0.2) is 59.6 Å². The summed E-state index contributed by atoms with van der Waals surface area (Å²) in [5.41, 5.74) is 3.74. The Balaban J connectivity index is 2.17. The molecule has 3 N–H and O–H groups in total. The van der Waals surface area contributed by atoms with E-state index in [4.69, 9.17) is 0 Å². The number of allylic oxidation sites excluding steroid dienone is 5. The summed E-state index contributed by atoms with van der Waals surface area (Å²) in [6, 6.07) is 3.40. The smallest absolute Gasteiger partial charge is 0.203 e. The van der Waals surface area contributed by atoms with E-state index in [0.717, 1.165) is 11.4 Å². The number of benzene rings is 1. The van der Waals surface area contributed by atoms with Crippen LogP contribution in [-0.2, 0) is 4.79 Å². The monoisotopic (exact) mass is 381 g/mol. The molecule has 0 spiro atoms. The number of carbonyl (C=O) groups excluding carboxylic acids is 1. The third-order valence-corrected chi connectivity index (χ3v) is 5.06. The minimum Gasteiger partial charge on any atom is -0.507 e. The molecule has 0 radical (unpaired) electrons. The first-order valence-electron chi connectivity index (χ1n) is 8.92. The molecule has 0 aliphatic heterocycles. The van der Waals surface area contributed by atoms with E-state index >= 15 is 0 Å². The summed E-state index contributed by atoms with van der Waals surface area (Å²) in [4.78, 5) is 14.8. The highest BCUT2D eigenvalue weighted by Crippen LogP contribution is 2.45. The first-order chi connectivity index (χ1) is 13.0. The predicted molar refractivity (Wildman–Crippen MR) is 110 cm³/mol. The number of aromatic hydroxyl groups is 1. The first-order valence-corrected chi connectivity index (χ1v) is 8.92. The van der Waals surface area contributed by atoms with Crippen LogP contribution in [0.25, 0.3) is 5.57 Å². The summed E-state index contributed by atoms with van der Waals surface area (Å²) in [7, 11) is 7.42. The third kappa shape index (κ3) is 2.91. The maximum Gasteiger partial charge on any atom is 0.203 e. The molecule has 3 rings (SSSR count). The number of hydrogen-bond donors (Lipinski definition) is 3. The molecule has 2 aliphatic rings. The molecular weight excluding hydrogens is 356 g/mol. The van der Waals surface area contributed by atoms with E-state index in [9.17, 15) is 20.1 Å². The quantitative estimate of drug-likeness (QED) is 0.542.